The van der Waals surface area contributed by atoms with Gasteiger partial charge in [-0.15, -0.1) is 0 Å². The molecule has 0 aromatic carbocycles. The number of nitrogens with one attached hydrogen (secondary N) is 2. The molecule has 2 N–H and O–H groups in total. The molecule has 2 fully saturated rings. The van der Waals surface area contributed by atoms with Gasteiger partial charge in [-0.2, -0.15) is 0 Å². The Morgan fingerprint density at radius 2 is 1.78 bits per heavy atom. The molecule has 1 saturated heterocycles. The van der Waals surface area contributed by atoms with E-state index in [1.807, 2.05) is 20.8 Å². The first-order chi connectivity index (χ1) is 10.7. The molecule has 1 aliphatic heterocycles. The van der Waals surface area contributed by atoms with Crippen LogP contribution in [0.2, 0.25) is 0 Å². The van der Waals surface area contributed by atoms with E-state index in [1.54, 1.807) is 0 Å². The summed E-state index contributed by atoms with van der Waals surface area (Å²) in [5.41, 5.74) is -0.437. The highest BCUT2D eigenvalue weighted by Crippen LogP contribution is 2.32. The molecule has 2 atom stereocenters. The van der Waals surface area contributed by atoms with Crippen molar-refractivity contribution in [2.24, 2.45) is 11.8 Å². The summed E-state index contributed by atoms with van der Waals surface area (Å²) in [5, 5.41) is 6.74. The number of carbonyl (C=O) groups excluding carboxylic acids is 1. The summed E-state index contributed by atoms with van der Waals surface area (Å²) >= 11 is 0. The van der Waals surface area contributed by atoms with Crippen LogP contribution >= 0.6 is 0 Å². The summed E-state index contributed by atoms with van der Waals surface area (Å²) in [6, 6.07) is 0.698. The van der Waals surface area contributed by atoms with Gasteiger partial charge < -0.3 is 20.3 Å². The summed E-state index contributed by atoms with van der Waals surface area (Å²) in [5.74, 6) is 1.35. The monoisotopic (exact) mass is 325 g/mol. The van der Waals surface area contributed by atoms with Crippen molar-refractivity contribution in [3.05, 3.63) is 0 Å². The number of ether oxygens (including phenoxy) is 1. The van der Waals surface area contributed by atoms with E-state index in [-0.39, 0.29) is 12.1 Å². The van der Waals surface area contributed by atoms with Gasteiger partial charge in [-0.25, -0.2) is 4.79 Å². The van der Waals surface area contributed by atoms with E-state index < -0.39 is 5.60 Å². The Hall–Kier alpha value is -0.810. The lowest BCUT2D eigenvalue weighted by molar-refractivity contribution is 0.0495. The zero-order valence-corrected chi connectivity index (χ0v) is 15.5. The van der Waals surface area contributed by atoms with Crippen molar-refractivity contribution < 1.29 is 9.53 Å². The molecule has 1 amide bonds. The van der Waals surface area contributed by atoms with Crippen LogP contribution < -0.4 is 10.6 Å². The first-order valence-electron chi connectivity index (χ1n) is 9.16. The molecule has 1 saturated carbocycles. The SMILES string of the molecule is CC(NCC(NC(=O)OC(C)(C)C)C1CC1)C1CCN(C)CC1. The highest BCUT2D eigenvalue weighted by Gasteiger charge is 2.34. The quantitative estimate of drug-likeness (QED) is 0.788. The number of carbonyl (C=O) groups is 1. The molecule has 5 nitrogen and oxygen atoms in total. The van der Waals surface area contributed by atoms with E-state index in [0.717, 1.165) is 12.5 Å². The maximum atomic E-state index is 12.0. The van der Waals surface area contributed by atoms with Crippen LogP contribution in [0, 0.1) is 11.8 Å². The normalized spacial score (nSPS) is 23.3. The molecular formula is C18H35N3O2. The van der Waals surface area contributed by atoms with Crippen LogP contribution in [0.25, 0.3) is 0 Å². The van der Waals surface area contributed by atoms with E-state index in [1.165, 1.54) is 38.8 Å². The number of nitrogens with zero attached hydrogens (tertiary/aromatic N) is 1. The number of hydrogen-bond acceptors (Lipinski definition) is 4. The molecule has 2 aliphatic rings. The molecule has 1 heterocycles. The third-order valence-corrected chi connectivity index (χ3v) is 5.02. The van der Waals surface area contributed by atoms with Gasteiger partial charge in [-0.3, -0.25) is 0 Å². The van der Waals surface area contributed by atoms with Crippen molar-refractivity contribution in [3.8, 4) is 0 Å². The smallest absolute Gasteiger partial charge is 0.407 e. The minimum atomic E-state index is -0.437. The van der Waals surface area contributed by atoms with Crippen LogP contribution in [0.4, 0.5) is 4.79 Å². The Kier molecular flexibility index (Phi) is 6.32. The van der Waals surface area contributed by atoms with Crippen molar-refractivity contribution >= 4 is 6.09 Å². The lowest BCUT2D eigenvalue weighted by atomic mass is 9.90. The predicted molar refractivity (Wildman–Crippen MR) is 93.6 cm³/mol. The third-order valence-electron chi connectivity index (χ3n) is 5.02. The lowest BCUT2D eigenvalue weighted by Crippen LogP contribution is -2.49. The van der Waals surface area contributed by atoms with Gasteiger partial charge in [0, 0.05) is 18.6 Å². The minimum absolute atomic E-state index is 0.193. The second-order valence-electron chi connectivity index (χ2n) is 8.43. The van der Waals surface area contributed by atoms with Gasteiger partial charge >= 0.3 is 6.09 Å². The number of hydrogen-bond donors (Lipinski definition) is 2. The van der Waals surface area contributed by atoms with Crippen LogP contribution in [0.15, 0.2) is 0 Å². The predicted octanol–water partition coefficient (Wildman–Crippen LogP) is 2.61. The summed E-state index contributed by atoms with van der Waals surface area (Å²) < 4.78 is 5.40. The zero-order valence-electron chi connectivity index (χ0n) is 15.5. The number of alkyl carbamates (subject to hydrolysis) is 1. The molecule has 5 heteroatoms. The number of rotatable bonds is 6. The highest BCUT2D eigenvalue weighted by atomic mass is 16.6. The Morgan fingerprint density at radius 1 is 1.17 bits per heavy atom. The molecule has 0 radical (unpaired) electrons. The molecular weight excluding hydrogens is 290 g/mol. The summed E-state index contributed by atoms with van der Waals surface area (Å²) in [6.45, 7) is 11.2. The van der Waals surface area contributed by atoms with Gasteiger partial charge in [0.2, 0.25) is 0 Å². The van der Waals surface area contributed by atoms with Crippen LogP contribution in [0.3, 0.4) is 0 Å². The fraction of sp³-hybridized carbons (Fsp3) is 0.944. The van der Waals surface area contributed by atoms with Crippen molar-refractivity contribution in [2.45, 2.75) is 71.1 Å². The second-order valence-corrected chi connectivity index (χ2v) is 8.43. The summed E-state index contributed by atoms with van der Waals surface area (Å²) in [7, 11) is 2.20. The average Bonchev–Trinajstić information content (AvgIpc) is 3.26. The standard InChI is InChI=1S/C18H35N3O2/c1-13(14-8-10-21(5)11-9-14)19-12-16(15-6-7-15)20-17(22)23-18(2,3)4/h13-16,19H,6-12H2,1-5H3,(H,20,22). The minimum Gasteiger partial charge on any atom is -0.444 e. The van der Waals surface area contributed by atoms with Crippen molar-refractivity contribution in [1.29, 1.82) is 0 Å². The van der Waals surface area contributed by atoms with Crippen molar-refractivity contribution in [2.75, 3.05) is 26.7 Å². The first-order valence-corrected chi connectivity index (χ1v) is 9.16. The fourth-order valence-corrected chi connectivity index (χ4v) is 3.30. The fourth-order valence-electron chi connectivity index (χ4n) is 3.30. The molecule has 0 aromatic heterocycles. The summed E-state index contributed by atoms with van der Waals surface area (Å²) in [6.07, 6.45) is 4.66. The number of likely N-dealkylation sites (tertiary alicyclic amines) is 1. The van der Waals surface area contributed by atoms with Gasteiger partial charge in [0.05, 0.1) is 0 Å². The molecule has 2 rings (SSSR count). The van der Waals surface area contributed by atoms with Crippen molar-refractivity contribution in [3.63, 3.8) is 0 Å². The van der Waals surface area contributed by atoms with Gasteiger partial charge in [-0.1, -0.05) is 0 Å². The number of amides is 1. The van der Waals surface area contributed by atoms with Crippen molar-refractivity contribution in [1.82, 2.24) is 15.5 Å². The van der Waals surface area contributed by atoms with E-state index in [2.05, 4.69) is 29.5 Å². The topological polar surface area (TPSA) is 53.6 Å². The molecule has 0 spiro atoms. The van der Waals surface area contributed by atoms with Crippen LogP contribution in [0.5, 0.6) is 0 Å². The van der Waals surface area contributed by atoms with Gasteiger partial charge in [-0.05, 0) is 85.4 Å². The van der Waals surface area contributed by atoms with E-state index in [4.69, 9.17) is 4.74 Å². The maximum absolute atomic E-state index is 12.0. The zero-order chi connectivity index (χ0) is 17.0. The van der Waals surface area contributed by atoms with E-state index in [0.29, 0.717) is 12.0 Å². The highest BCUT2D eigenvalue weighted by molar-refractivity contribution is 5.68. The number of piperidine rings is 1. The second kappa shape index (κ2) is 7.84. The van der Waals surface area contributed by atoms with Crippen LogP contribution in [-0.2, 0) is 4.74 Å². The maximum Gasteiger partial charge on any atom is 0.407 e. The Bertz CT molecular complexity index is 382. The van der Waals surface area contributed by atoms with Gasteiger partial charge in [0.15, 0.2) is 0 Å². The molecule has 1 aliphatic carbocycles. The van der Waals surface area contributed by atoms with Crippen LogP contribution in [0.1, 0.15) is 53.4 Å². The first kappa shape index (κ1) is 18.5. The van der Waals surface area contributed by atoms with E-state index >= 15 is 0 Å². The molecule has 0 aromatic rings. The Balaban J connectivity index is 1.75. The molecule has 134 valence electrons. The lowest BCUT2D eigenvalue weighted by Gasteiger charge is -2.34. The van der Waals surface area contributed by atoms with Gasteiger partial charge in [0.1, 0.15) is 5.60 Å². The summed E-state index contributed by atoms with van der Waals surface area (Å²) in [4.78, 5) is 14.4. The third kappa shape index (κ3) is 6.68. The van der Waals surface area contributed by atoms with Gasteiger partial charge in [0.25, 0.3) is 0 Å². The average molecular weight is 325 g/mol. The molecule has 23 heavy (non-hydrogen) atoms. The molecule has 2 unspecified atom stereocenters. The largest absolute Gasteiger partial charge is 0.444 e. The molecule has 0 bridgehead atoms. The van der Waals surface area contributed by atoms with E-state index in [9.17, 15) is 4.79 Å². The van der Waals surface area contributed by atoms with Crippen LogP contribution in [-0.4, -0.2) is 55.4 Å². The Labute approximate surface area is 141 Å². The Morgan fingerprint density at radius 3 is 2.30 bits per heavy atom.